The molecule has 3 aromatic carbocycles. The van der Waals surface area contributed by atoms with Crippen LogP contribution in [0.3, 0.4) is 0 Å². The van der Waals surface area contributed by atoms with Crippen molar-refractivity contribution >= 4 is 38.3 Å². The molecule has 6 nitrogen and oxygen atoms in total. The zero-order chi connectivity index (χ0) is 21.5. The van der Waals surface area contributed by atoms with Crippen molar-refractivity contribution in [3.05, 3.63) is 87.5 Å². The number of sulfonamides is 1. The molecule has 0 aliphatic heterocycles. The van der Waals surface area contributed by atoms with Crippen LogP contribution in [-0.2, 0) is 10.0 Å². The second-order valence-corrected chi connectivity index (χ2v) is 8.80. The lowest BCUT2D eigenvalue weighted by atomic mass is 10.1. The number of fused-ring (bicyclic) bond motifs is 1. The van der Waals surface area contributed by atoms with Crippen molar-refractivity contribution in [2.45, 2.75) is 11.8 Å². The molecule has 0 atom stereocenters. The van der Waals surface area contributed by atoms with Crippen LogP contribution >= 0.6 is 11.6 Å². The topological polar surface area (TPSA) is 96.6 Å². The molecule has 0 saturated carbocycles. The second-order valence-electron chi connectivity index (χ2n) is 6.71. The summed E-state index contributed by atoms with van der Waals surface area (Å²) < 4.78 is 33.9. The van der Waals surface area contributed by atoms with Gasteiger partial charge in [0.25, 0.3) is 10.0 Å². The zero-order valence-electron chi connectivity index (χ0n) is 15.7. The maximum atomic E-state index is 12.8. The molecule has 0 fully saturated rings. The highest BCUT2D eigenvalue weighted by Crippen LogP contribution is 2.35. The fraction of sp³-hybridized carbons (Fsp3) is 0.0455. The molecule has 0 aliphatic rings. The smallest absolute Gasteiger partial charge is 0.262 e. The summed E-state index contributed by atoms with van der Waals surface area (Å²) in [4.78, 5) is 12.7. The van der Waals surface area contributed by atoms with Crippen LogP contribution in [0.2, 0.25) is 5.02 Å². The van der Waals surface area contributed by atoms with Crippen LogP contribution in [0.4, 0.5) is 5.69 Å². The van der Waals surface area contributed by atoms with Crippen LogP contribution < -0.4 is 10.2 Å². The molecule has 0 unspecified atom stereocenters. The Kier molecular flexibility index (Phi) is 5.01. The third-order valence-corrected chi connectivity index (χ3v) is 6.28. The molecule has 0 bridgehead atoms. The number of nitrogens with one attached hydrogen (secondary N) is 1. The first-order chi connectivity index (χ1) is 14.3. The van der Waals surface area contributed by atoms with Crippen LogP contribution in [-0.4, -0.2) is 13.5 Å². The minimum Gasteiger partial charge on any atom is -0.507 e. The van der Waals surface area contributed by atoms with Gasteiger partial charge in [-0.1, -0.05) is 41.4 Å². The number of aryl methyl sites for hydroxylation is 1. The molecule has 0 spiro atoms. The maximum absolute atomic E-state index is 12.8. The Morgan fingerprint density at radius 3 is 2.40 bits per heavy atom. The van der Waals surface area contributed by atoms with Gasteiger partial charge in [-0.15, -0.1) is 0 Å². The van der Waals surface area contributed by atoms with Crippen molar-refractivity contribution in [1.29, 1.82) is 0 Å². The van der Waals surface area contributed by atoms with Gasteiger partial charge in [0.05, 0.1) is 15.6 Å². The lowest BCUT2D eigenvalue weighted by molar-refractivity contribution is 0.480. The van der Waals surface area contributed by atoms with Gasteiger partial charge in [0, 0.05) is 11.6 Å². The Labute approximate surface area is 177 Å². The minimum atomic E-state index is -3.95. The van der Waals surface area contributed by atoms with Crippen LogP contribution in [0, 0.1) is 6.92 Å². The zero-order valence-corrected chi connectivity index (χ0v) is 17.3. The van der Waals surface area contributed by atoms with E-state index in [0.717, 1.165) is 5.56 Å². The molecule has 4 aromatic rings. The SMILES string of the molecule is Cc1ccc(S(=O)(=O)Nc2ccc(O)c3c(=O)cc(-c4ccccc4Cl)oc23)cc1. The van der Waals surface area contributed by atoms with Gasteiger partial charge in [-0.25, -0.2) is 8.42 Å². The monoisotopic (exact) mass is 441 g/mol. The minimum absolute atomic E-state index is 0.0226. The number of anilines is 1. The fourth-order valence-electron chi connectivity index (χ4n) is 3.04. The molecule has 30 heavy (non-hydrogen) atoms. The molecule has 0 aliphatic carbocycles. The third kappa shape index (κ3) is 3.65. The number of rotatable bonds is 4. The van der Waals surface area contributed by atoms with E-state index in [1.54, 1.807) is 36.4 Å². The van der Waals surface area contributed by atoms with Gasteiger partial charge >= 0.3 is 0 Å². The number of benzene rings is 3. The molecule has 2 N–H and O–H groups in total. The van der Waals surface area contributed by atoms with E-state index in [1.165, 1.54) is 30.3 Å². The van der Waals surface area contributed by atoms with E-state index in [4.69, 9.17) is 16.0 Å². The third-order valence-electron chi connectivity index (χ3n) is 4.57. The Morgan fingerprint density at radius 2 is 1.70 bits per heavy atom. The van der Waals surface area contributed by atoms with E-state index in [1.807, 2.05) is 6.92 Å². The van der Waals surface area contributed by atoms with E-state index < -0.39 is 15.5 Å². The highest BCUT2D eigenvalue weighted by atomic mass is 35.5. The van der Waals surface area contributed by atoms with Crippen molar-refractivity contribution in [1.82, 2.24) is 0 Å². The molecule has 1 aromatic heterocycles. The summed E-state index contributed by atoms with van der Waals surface area (Å²) in [6, 6.07) is 16.9. The summed E-state index contributed by atoms with van der Waals surface area (Å²) in [5, 5.41) is 10.4. The summed E-state index contributed by atoms with van der Waals surface area (Å²) >= 11 is 6.21. The van der Waals surface area contributed by atoms with E-state index >= 15 is 0 Å². The van der Waals surface area contributed by atoms with Gasteiger partial charge in [0.15, 0.2) is 11.0 Å². The quantitative estimate of drug-likeness (QED) is 0.438. The van der Waals surface area contributed by atoms with Crippen LogP contribution in [0.5, 0.6) is 5.75 Å². The highest BCUT2D eigenvalue weighted by Gasteiger charge is 2.20. The molecule has 1 heterocycles. The summed E-state index contributed by atoms with van der Waals surface area (Å²) in [6.45, 7) is 1.85. The van der Waals surface area contributed by atoms with Crippen molar-refractivity contribution in [2.75, 3.05) is 4.72 Å². The highest BCUT2D eigenvalue weighted by molar-refractivity contribution is 7.92. The number of hydrogen-bond acceptors (Lipinski definition) is 5. The number of aromatic hydroxyl groups is 1. The number of phenolic OH excluding ortho intramolecular Hbond substituents is 1. The standard InChI is InChI=1S/C22H16ClNO5S/c1-13-6-8-14(9-7-13)30(27,28)24-17-10-11-18(25)21-19(26)12-20(29-22(17)21)15-4-2-3-5-16(15)23/h2-12,24-25H,1H3. The molecule has 0 amide bonds. The molecular weight excluding hydrogens is 426 g/mol. The van der Waals surface area contributed by atoms with Gasteiger partial charge in [0.1, 0.15) is 16.9 Å². The van der Waals surface area contributed by atoms with Gasteiger partial charge in [0.2, 0.25) is 0 Å². The number of halogens is 1. The van der Waals surface area contributed by atoms with E-state index in [0.29, 0.717) is 10.6 Å². The molecule has 0 saturated heterocycles. The van der Waals surface area contributed by atoms with E-state index in [-0.39, 0.29) is 33.1 Å². The normalized spacial score (nSPS) is 11.5. The van der Waals surface area contributed by atoms with E-state index in [9.17, 15) is 18.3 Å². The fourth-order valence-corrected chi connectivity index (χ4v) is 4.33. The first-order valence-electron chi connectivity index (χ1n) is 8.90. The Bertz CT molecular complexity index is 1430. The molecule has 152 valence electrons. The second kappa shape index (κ2) is 7.51. The molecule has 0 radical (unpaired) electrons. The number of phenols is 1. The van der Waals surface area contributed by atoms with Crippen LogP contribution in [0.15, 0.2) is 80.8 Å². The first-order valence-corrected chi connectivity index (χ1v) is 10.8. The molecular formula is C22H16ClNO5S. The molecule has 4 rings (SSSR count). The average Bonchev–Trinajstić information content (AvgIpc) is 2.70. The largest absolute Gasteiger partial charge is 0.507 e. The predicted molar refractivity (Wildman–Crippen MR) is 117 cm³/mol. The summed E-state index contributed by atoms with van der Waals surface area (Å²) in [5.74, 6) is -0.165. The van der Waals surface area contributed by atoms with Crippen molar-refractivity contribution < 1.29 is 17.9 Å². The van der Waals surface area contributed by atoms with Gasteiger partial charge in [-0.3, -0.25) is 9.52 Å². The van der Waals surface area contributed by atoms with Crippen molar-refractivity contribution in [3.8, 4) is 17.1 Å². The average molecular weight is 442 g/mol. The van der Waals surface area contributed by atoms with E-state index in [2.05, 4.69) is 4.72 Å². The molecule has 8 heteroatoms. The summed E-state index contributed by atoms with van der Waals surface area (Å²) in [6.07, 6.45) is 0. The Balaban J connectivity index is 1.90. The number of hydrogen-bond donors (Lipinski definition) is 2. The predicted octanol–water partition coefficient (Wildman–Crippen LogP) is 4.93. The maximum Gasteiger partial charge on any atom is 0.262 e. The van der Waals surface area contributed by atoms with Gasteiger partial charge in [-0.2, -0.15) is 0 Å². The summed E-state index contributed by atoms with van der Waals surface area (Å²) in [7, 11) is -3.95. The Hall–Kier alpha value is -3.29. The van der Waals surface area contributed by atoms with Gasteiger partial charge in [-0.05, 0) is 43.3 Å². The van der Waals surface area contributed by atoms with Crippen molar-refractivity contribution in [2.24, 2.45) is 0 Å². The Morgan fingerprint density at radius 1 is 1.00 bits per heavy atom. The lowest BCUT2D eigenvalue weighted by Gasteiger charge is -2.12. The van der Waals surface area contributed by atoms with Crippen molar-refractivity contribution in [3.63, 3.8) is 0 Å². The lowest BCUT2D eigenvalue weighted by Crippen LogP contribution is -2.14. The van der Waals surface area contributed by atoms with Gasteiger partial charge < -0.3 is 9.52 Å². The first kappa shape index (κ1) is 20.0. The summed E-state index contributed by atoms with van der Waals surface area (Å²) in [5.41, 5.74) is 0.788. The van der Waals surface area contributed by atoms with Crippen LogP contribution in [0.1, 0.15) is 5.56 Å². The van der Waals surface area contributed by atoms with Crippen LogP contribution in [0.25, 0.3) is 22.3 Å².